The topological polar surface area (TPSA) is 63.3 Å². The highest BCUT2D eigenvalue weighted by Gasteiger charge is 2.10. The fraction of sp³-hybridized carbons (Fsp3) is 0.467. The number of thiazole rings is 1. The third kappa shape index (κ3) is 6.21. The number of aromatic nitrogens is 1. The molecule has 0 radical (unpaired) electrons. The predicted molar refractivity (Wildman–Crippen MR) is 109 cm³/mol. The summed E-state index contributed by atoms with van der Waals surface area (Å²) in [6, 6.07) is 4.28. The van der Waals surface area contributed by atoms with E-state index in [-0.39, 0.29) is 29.5 Å². The SMILES string of the molecule is Cc1nc(-c2ccc(CCN=C(N)NC(C)(C)C)s2)cs1.I. The van der Waals surface area contributed by atoms with Crippen molar-refractivity contribution in [3.05, 3.63) is 27.4 Å². The Morgan fingerprint density at radius 1 is 1.36 bits per heavy atom. The lowest BCUT2D eigenvalue weighted by molar-refractivity contribution is 0.508. The maximum atomic E-state index is 5.86. The number of rotatable bonds is 4. The van der Waals surface area contributed by atoms with Crippen LogP contribution in [0.25, 0.3) is 10.6 Å². The van der Waals surface area contributed by atoms with Gasteiger partial charge >= 0.3 is 0 Å². The lowest BCUT2D eigenvalue weighted by Gasteiger charge is -2.20. The Bertz CT molecular complexity index is 626. The zero-order chi connectivity index (χ0) is 15.5. The molecule has 0 unspecified atom stereocenters. The second-order valence-electron chi connectivity index (χ2n) is 5.91. The monoisotopic (exact) mass is 450 g/mol. The van der Waals surface area contributed by atoms with Crippen LogP contribution in [0.2, 0.25) is 0 Å². The number of hydrogen-bond acceptors (Lipinski definition) is 4. The van der Waals surface area contributed by atoms with E-state index in [0.29, 0.717) is 12.5 Å². The van der Waals surface area contributed by atoms with Gasteiger partial charge in [-0.1, -0.05) is 0 Å². The number of aliphatic imine (C=N–C) groups is 1. The lowest BCUT2D eigenvalue weighted by Crippen LogP contribution is -2.45. The van der Waals surface area contributed by atoms with Gasteiger partial charge < -0.3 is 11.1 Å². The largest absolute Gasteiger partial charge is 0.370 e. The predicted octanol–water partition coefficient (Wildman–Crippen LogP) is 4.04. The van der Waals surface area contributed by atoms with Gasteiger partial charge in [0.2, 0.25) is 0 Å². The highest BCUT2D eigenvalue weighted by atomic mass is 127. The van der Waals surface area contributed by atoms with Gasteiger partial charge in [0.1, 0.15) is 0 Å². The quantitative estimate of drug-likeness (QED) is 0.420. The molecule has 7 heteroatoms. The molecule has 122 valence electrons. The minimum Gasteiger partial charge on any atom is -0.370 e. The third-order valence-electron chi connectivity index (χ3n) is 2.68. The van der Waals surface area contributed by atoms with Crippen LogP contribution < -0.4 is 11.1 Å². The summed E-state index contributed by atoms with van der Waals surface area (Å²) in [5.41, 5.74) is 6.88. The molecule has 0 aliphatic carbocycles. The fourth-order valence-corrected chi connectivity index (χ4v) is 3.48. The van der Waals surface area contributed by atoms with Crippen molar-refractivity contribution >= 4 is 52.6 Å². The maximum absolute atomic E-state index is 5.86. The number of nitrogens with zero attached hydrogens (tertiary/aromatic N) is 2. The van der Waals surface area contributed by atoms with Crippen molar-refractivity contribution in [3.8, 4) is 10.6 Å². The van der Waals surface area contributed by atoms with Gasteiger partial charge in [-0.25, -0.2) is 4.98 Å². The van der Waals surface area contributed by atoms with E-state index < -0.39 is 0 Å². The van der Waals surface area contributed by atoms with Gasteiger partial charge in [0, 0.05) is 28.8 Å². The van der Waals surface area contributed by atoms with Crippen LogP contribution in [-0.2, 0) is 6.42 Å². The standard InChI is InChI=1S/C15H22N4S2.HI/c1-10-18-12(9-20-10)13-6-5-11(21-13)7-8-17-14(16)19-15(2,3)4;/h5-6,9H,7-8H2,1-4H3,(H3,16,17,19);1H. The normalized spacial score (nSPS) is 12.1. The Labute approximate surface area is 157 Å². The molecule has 3 N–H and O–H groups in total. The first-order valence-electron chi connectivity index (χ1n) is 6.93. The Morgan fingerprint density at radius 3 is 2.68 bits per heavy atom. The second kappa shape index (κ2) is 8.26. The summed E-state index contributed by atoms with van der Waals surface area (Å²) in [5.74, 6) is 0.509. The molecular weight excluding hydrogens is 427 g/mol. The molecule has 2 aromatic heterocycles. The van der Waals surface area contributed by atoms with Crippen LogP contribution in [0.15, 0.2) is 22.5 Å². The van der Waals surface area contributed by atoms with Gasteiger partial charge in [-0.15, -0.1) is 46.7 Å². The molecule has 0 amide bonds. The molecule has 0 aromatic carbocycles. The maximum Gasteiger partial charge on any atom is 0.188 e. The summed E-state index contributed by atoms with van der Waals surface area (Å²) in [5, 5.41) is 6.37. The van der Waals surface area contributed by atoms with Crippen LogP contribution >= 0.6 is 46.7 Å². The average Bonchev–Trinajstić information content (AvgIpc) is 2.95. The van der Waals surface area contributed by atoms with Crippen LogP contribution in [0, 0.1) is 6.92 Å². The molecule has 0 saturated carbocycles. The Kier molecular flexibility index (Phi) is 7.27. The average molecular weight is 450 g/mol. The van der Waals surface area contributed by atoms with E-state index in [1.807, 2.05) is 6.92 Å². The summed E-state index contributed by atoms with van der Waals surface area (Å²) in [7, 11) is 0. The van der Waals surface area contributed by atoms with E-state index in [2.05, 4.69) is 53.6 Å². The van der Waals surface area contributed by atoms with Crippen molar-refractivity contribution in [3.63, 3.8) is 0 Å². The van der Waals surface area contributed by atoms with Crippen molar-refractivity contribution < 1.29 is 0 Å². The summed E-state index contributed by atoms with van der Waals surface area (Å²) < 4.78 is 0. The zero-order valence-electron chi connectivity index (χ0n) is 13.3. The van der Waals surface area contributed by atoms with Crippen LogP contribution in [0.3, 0.4) is 0 Å². The number of aryl methyl sites for hydroxylation is 1. The van der Waals surface area contributed by atoms with E-state index in [4.69, 9.17) is 5.73 Å². The Morgan fingerprint density at radius 2 is 2.09 bits per heavy atom. The number of thiophene rings is 1. The number of nitrogens with two attached hydrogens (primary N) is 1. The van der Waals surface area contributed by atoms with Crippen molar-refractivity contribution in [1.82, 2.24) is 10.3 Å². The molecule has 2 aromatic rings. The molecule has 0 bridgehead atoms. The fourth-order valence-electron chi connectivity index (χ4n) is 1.84. The second-order valence-corrected chi connectivity index (χ2v) is 8.14. The molecule has 0 aliphatic rings. The van der Waals surface area contributed by atoms with Gasteiger partial charge in [-0.2, -0.15) is 0 Å². The third-order valence-corrected chi connectivity index (χ3v) is 4.62. The van der Waals surface area contributed by atoms with E-state index in [1.54, 1.807) is 22.7 Å². The summed E-state index contributed by atoms with van der Waals surface area (Å²) in [6.07, 6.45) is 0.903. The molecule has 4 nitrogen and oxygen atoms in total. The van der Waals surface area contributed by atoms with Crippen LogP contribution in [0.5, 0.6) is 0 Å². The summed E-state index contributed by atoms with van der Waals surface area (Å²) in [4.78, 5) is 11.4. The molecule has 0 saturated heterocycles. The minimum absolute atomic E-state index is 0. The Hall–Kier alpha value is -0.670. The van der Waals surface area contributed by atoms with E-state index in [0.717, 1.165) is 17.1 Å². The van der Waals surface area contributed by atoms with Crippen LogP contribution in [0.1, 0.15) is 30.7 Å². The van der Waals surface area contributed by atoms with E-state index in [9.17, 15) is 0 Å². The zero-order valence-corrected chi connectivity index (χ0v) is 17.3. The molecule has 0 fully saturated rings. The highest BCUT2D eigenvalue weighted by Crippen LogP contribution is 2.29. The van der Waals surface area contributed by atoms with Crippen molar-refractivity contribution in [1.29, 1.82) is 0 Å². The first-order valence-corrected chi connectivity index (χ1v) is 8.62. The lowest BCUT2D eigenvalue weighted by atomic mass is 10.1. The van der Waals surface area contributed by atoms with E-state index in [1.165, 1.54) is 9.75 Å². The number of nitrogens with one attached hydrogen (secondary N) is 1. The Balaban J connectivity index is 0.00000242. The smallest absolute Gasteiger partial charge is 0.188 e. The number of halogens is 1. The number of guanidine groups is 1. The van der Waals surface area contributed by atoms with Crippen LogP contribution in [0.4, 0.5) is 0 Å². The molecular formula is C15H23IN4S2. The van der Waals surface area contributed by atoms with Gasteiger partial charge in [0.05, 0.1) is 15.6 Å². The molecule has 0 spiro atoms. The van der Waals surface area contributed by atoms with Gasteiger partial charge in [-0.05, 0) is 39.8 Å². The summed E-state index contributed by atoms with van der Waals surface area (Å²) in [6.45, 7) is 8.93. The van der Waals surface area contributed by atoms with Crippen molar-refractivity contribution in [2.45, 2.75) is 39.7 Å². The van der Waals surface area contributed by atoms with Crippen molar-refractivity contribution in [2.24, 2.45) is 10.7 Å². The minimum atomic E-state index is -0.0494. The summed E-state index contributed by atoms with van der Waals surface area (Å²) >= 11 is 3.46. The first-order chi connectivity index (χ1) is 9.83. The van der Waals surface area contributed by atoms with Crippen molar-refractivity contribution in [2.75, 3.05) is 6.54 Å². The van der Waals surface area contributed by atoms with Gasteiger partial charge in [-0.3, -0.25) is 4.99 Å². The highest BCUT2D eigenvalue weighted by molar-refractivity contribution is 14.0. The molecule has 2 heterocycles. The number of hydrogen-bond donors (Lipinski definition) is 2. The van der Waals surface area contributed by atoms with Gasteiger partial charge in [0.15, 0.2) is 5.96 Å². The molecule has 0 aliphatic heterocycles. The molecule has 22 heavy (non-hydrogen) atoms. The molecule has 2 rings (SSSR count). The van der Waals surface area contributed by atoms with Crippen LogP contribution in [-0.4, -0.2) is 23.0 Å². The molecule has 0 atom stereocenters. The van der Waals surface area contributed by atoms with Gasteiger partial charge in [0.25, 0.3) is 0 Å². The first kappa shape index (κ1) is 19.4. The van der Waals surface area contributed by atoms with E-state index >= 15 is 0 Å².